The van der Waals surface area contributed by atoms with Crippen molar-refractivity contribution in [1.82, 2.24) is 5.32 Å². The fraction of sp³-hybridized carbons (Fsp3) is 0.520. The zero-order valence-electron chi connectivity index (χ0n) is 18.9. The van der Waals surface area contributed by atoms with Crippen molar-refractivity contribution >= 4 is 23.2 Å². The van der Waals surface area contributed by atoms with Gasteiger partial charge in [0.15, 0.2) is 0 Å². The van der Waals surface area contributed by atoms with Gasteiger partial charge in [-0.2, -0.15) is 0 Å². The summed E-state index contributed by atoms with van der Waals surface area (Å²) >= 11 is 12.2. The first-order valence-corrected chi connectivity index (χ1v) is 12.2. The molecule has 0 radical (unpaired) electrons. The molecule has 0 saturated heterocycles. The van der Waals surface area contributed by atoms with Gasteiger partial charge in [-0.3, -0.25) is 0 Å². The van der Waals surface area contributed by atoms with Crippen molar-refractivity contribution in [3.05, 3.63) is 63.1 Å². The largest absolute Gasteiger partial charge is 0.508 e. The molecule has 2 aromatic carbocycles. The van der Waals surface area contributed by atoms with Crippen molar-refractivity contribution in [2.45, 2.75) is 44.8 Å². The zero-order valence-corrected chi connectivity index (χ0v) is 20.5. The number of phenolic OH excluding ortho intramolecular Hbond substituents is 1. The third-order valence-corrected chi connectivity index (χ3v) is 5.99. The van der Waals surface area contributed by atoms with Gasteiger partial charge in [-0.25, -0.2) is 0 Å². The second-order valence-electron chi connectivity index (χ2n) is 7.86. The Bertz CT molecular complexity index is 801. The number of aromatic hydroxyl groups is 1. The maximum atomic E-state index is 10.3. The van der Waals surface area contributed by atoms with Gasteiger partial charge >= 0.3 is 0 Å². The van der Waals surface area contributed by atoms with Crippen molar-refractivity contribution in [3.63, 3.8) is 0 Å². The van der Waals surface area contributed by atoms with Crippen LogP contribution in [0.3, 0.4) is 0 Å². The van der Waals surface area contributed by atoms with E-state index in [4.69, 9.17) is 37.8 Å². The molecule has 0 bridgehead atoms. The number of benzene rings is 2. The van der Waals surface area contributed by atoms with Gasteiger partial charge in [-0.05, 0) is 61.2 Å². The Labute approximate surface area is 206 Å². The van der Waals surface area contributed by atoms with Crippen LogP contribution in [-0.4, -0.2) is 54.8 Å². The van der Waals surface area contributed by atoms with Gasteiger partial charge in [0.05, 0.1) is 25.9 Å². The molecule has 0 unspecified atom stereocenters. The average Bonchev–Trinajstić information content (AvgIpc) is 2.80. The van der Waals surface area contributed by atoms with Crippen LogP contribution in [0.1, 0.15) is 48.5 Å². The van der Waals surface area contributed by atoms with E-state index in [-0.39, 0.29) is 12.4 Å². The Kier molecular flexibility index (Phi) is 13.7. The van der Waals surface area contributed by atoms with Gasteiger partial charge in [-0.15, -0.1) is 0 Å². The highest BCUT2D eigenvalue weighted by atomic mass is 35.5. The van der Waals surface area contributed by atoms with Gasteiger partial charge in [-0.1, -0.05) is 48.2 Å². The molecule has 0 aromatic heterocycles. The SMILES string of the molecule is OCCc1cc([C@@H](O)CNCCCCCCOCCOCc2c(Cl)cccc2Cl)ccc1O. The summed E-state index contributed by atoms with van der Waals surface area (Å²) in [6.07, 6.45) is 3.93. The number of halogens is 2. The number of ether oxygens (including phenoxy) is 2. The molecule has 2 aromatic rings. The van der Waals surface area contributed by atoms with E-state index in [1.807, 2.05) is 6.07 Å². The fourth-order valence-electron chi connectivity index (χ4n) is 3.36. The molecular formula is C25H35Cl2NO5. The van der Waals surface area contributed by atoms with E-state index in [1.165, 1.54) is 0 Å². The predicted molar refractivity (Wildman–Crippen MR) is 132 cm³/mol. The second-order valence-corrected chi connectivity index (χ2v) is 8.68. The molecule has 2 rings (SSSR count). The Hall–Kier alpha value is -1.38. The smallest absolute Gasteiger partial charge is 0.118 e. The number of nitrogens with one attached hydrogen (secondary N) is 1. The maximum Gasteiger partial charge on any atom is 0.118 e. The summed E-state index contributed by atoms with van der Waals surface area (Å²) < 4.78 is 11.2. The summed E-state index contributed by atoms with van der Waals surface area (Å²) in [5.74, 6) is 0.145. The van der Waals surface area contributed by atoms with Crippen LogP contribution in [0.5, 0.6) is 5.75 Å². The summed E-state index contributed by atoms with van der Waals surface area (Å²) in [4.78, 5) is 0. The van der Waals surface area contributed by atoms with E-state index in [9.17, 15) is 10.2 Å². The molecule has 1 atom stereocenters. The first-order valence-electron chi connectivity index (χ1n) is 11.4. The molecule has 0 aliphatic rings. The number of hydrogen-bond acceptors (Lipinski definition) is 6. The van der Waals surface area contributed by atoms with E-state index in [0.29, 0.717) is 55.0 Å². The maximum absolute atomic E-state index is 10.3. The van der Waals surface area contributed by atoms with E-state index < -0.39 is 6.10 Å². The van der Waals surface area contributed by atoms with Crippen LogP contribution in [0.4, 0.5) is 0 Å². The standard InChI is InChI=1S/C25H35Cl2NO5/c26-22-6-5-7-23(27)21(22)18-33-15-14-32-13-4-2-1-3-11-28-17-25(31)19-8-9-24(30)20(16-19)10-12-29/h5-9,16,25,28-31H,1-4,10-15,17-18H2/t25-/m0/s1. The van der Waals surface area contributed by atoms with E-state index in [0.717, 1.165) is 43.4 Å². The van der Waals surface area contributed by atoms with Crippen molar-refractivity contribution < 1.29 is 24.8 Å². The van der Waals surface area contributed by atoms with E-state index >= 15 is 0 Å². The lowest BCUT2D eigenvalue weighted by molar-refractivity contribution is 0.0393. The van der Waals surface area contributed by atoms with Crippen molar-refractivity contribution in [2.24, 2.45) is 0 Å². The topological polar surface area (TPSA) is 91.2 Å². The van der Waals surface area contributed by atoms with Crippen molar-refractivity contribution in [3.8, 4) is 5.75 Å². The lowest BCUT2D eigenvalue weighted by atomic mass is 10.0. The minimum absolute atomic E-state index is 0.0386. The lowest BCUT2D eigenvalue weighted by Crippen LogP contribution is -2.22. The van der Waals surface area contributed by atoms with Crippen LogP contribution in [0.2, 0.25) is 10.0 Å². The summed E-state index contributed by atoms with van der Waals surface area (Å²) in [5, 5.41) is 33.6. The second kappa shape index (κ2) is 16.3. The molecule has 4 N–H and O–H groups in total. The molecule has 8 heteroatoms. The highest BCUT2D eigenvalue weighted by Crippen LogP contribution is 2.25. The number of phenols is 1. The summed E-state index contributed by atoms with van der Waals surface area (Å²) in [5.41, 5.74) is 2.18. The van der Waals surface area contributed by atoms with Crippen LogP contribution >= 0.6 is 23.2 Å². The highest BCUT2D eigenvalue weighted by Gasteiger charge is 2.10. The molecular weight excluding hydrogens is 465 g/mol. The molecule has 6 nitrogen and oxygen atoms in total. The summed E-state index contributed by atoms with van der Waals surface area (Å²) in [7, 11) is 0. The fourth-order valence-corrected chi connectivity index (χ4v) is 3.87. The molecule has 184 valence electrons. The van der Waals surface area contributed by atoms with Gasteiger partial charge < -0.3 is 30.1 Å². The average molecular weight is 500 g/mol. The molecule has 0 aliphatic heterocycles. The monoisotopic (exact) mass is 499 g/mol. The van der Waals surface area contributed by atoms with E-state index in [2.05, 4.69) is 5.32 Å². The molecule has 0 spiro atoms. The number of aliphatic hydroxyl groups is 2. The number of unbranched alkanes of at least 4 members (excludes halogenated alkanes) is 3. The molecule has 33 heavy (non-hydrogen) atoms. The van der Waals surface area contributed by atoms with Crippen LogP contribution in [0, 0.1) is 0 Å². The molecule has 0 aliphatic carbocycles. The first kappa shape index (κ1) is 27.9. The van der Waals surface area contributed by atoms with Gasteiger partial charge in [0.1, 0.15) is 5.75 Å². The zero-order chi connectivity index (χ0) is 23.9. The number of hydrogen-bond donors (Lipinski definition) is 4. The molecule has 0 saturated carbocycles. The van der Waals surface area contributed by atoms with Gasteiger partial charge in [0, 0.05) is 35.4 Å². The van der Waals surface area contributed by atoms with Crippen molar-refractivity contribution in [1.29, 1.82) is 0 Å². The number of aliphatic hydroxyl groups excluding tert-OH is 2. The van der Waals surface area contributed by atoms with E-state index in [1.54, 1.807) is 30.3 Å². The minimum Gasteiger partial charge on any atom is -0.508 e. The van der Waals surface area contributed by atoms with Crippen LogP contribution in [0.25, 0.3) is 0 Å². The van der Waals surface area contributed by atoms with Gasteiger partial charge in [0.2, 0.25) is 0 Å². The quantitative estimate of drug-likeness (QED) is 0.237. The third kappa shape index (κ3) is 10.6. The van der Waals surface area contributed by atoms with Crippen LogP contribution in [0.15, 0.2) is 36.4 Å². The Morgan fingerprint density at radius 3 is 2.39 bits per heavy atom. The first-order chi connectivity index (χ1) is 16.0. The Morgan fingerprint density at radius 2 is 1.64 bits per heavy atom. The molecule has 0 amide bonds. The summed E-state index contributed by atoms with van der Waals surface area (Å²) in [6.45, 7) is 3.36. The lowest BCUT2D eigenvalue weighted by Gasteiger charge is -2.14. The Balaban J connectivity index is 1.43. The third-order valence-electron chi connectivity index (χ3n) is 5.28. The molecule has 0 heterocycles. The predicted octanol–water partition coefficient (Wildman–Crippen LogP) is 4.65. The Morgan fingerprint density at radius 1 is 0.909 bits per heavy atom. The normalized spacial score (nSPS) is 12.2. The van der Waals surface area contributed by atoms with Gasteiger partial charge in [0.25, 0.3) is 0 Å². The summed E-state index contributed by atoms with van der Waals surface area (Å²) in [6, 6.07) is 10.4. The van der Waals surface area contributed by atoms with Crippen molar-refractivity contribution in [2.75, 3.05) is 39.5 Å². The number of rotatable bonds is 17. The highest BCUT2D eigenvalue weighted by molar-refractivity contribution is 6.35. The van der Waals surface area contributed by atoms with Crippen LogP contribution < -0.4 is 5.32 Å². The minimum atomic E-state index is -0.646. The van der Waals surface area contributed by atoms with Crippen LogP contribution in [-0.2, 0) is 22.5 Å². The molecule has 0 fully saturated rings.